The van der Waals surface area contributed by atoms with Crippen molar-refractivity contribution in [3.05, 3.63) is 78.4 Å². The number of hydrogen-bond donors (Lipinski definition) is 0. The van der Waals surface area contributed by atoms with Crippen LogP contribution >= 0.6 is 0 Å². The molecule has 3 aromatic rings. The van der Waals surface area contributed by atoms with E-state index in [1.54, 1.807) is 17.1 Å². The first-order valence-electron chi connectivity index (χ1n) is 8.81. The lowest BCUT2D eigenvalue weighted by atomic mass is 10.1. The van der Waals surface area contributed by atoms with Crippen molar-refractivity contribution >= 4 is 5.91 Å². The fraction of sp³-hybridized carbons (Fsp3) is 0.250. The first-order valence-corrected chi connectivity index (χ1v) is 8.81. The second-order valence-corrected chi connectivity index (χ2v) is 6.40. The second kappa shape index (κ2) is 7.49. The van der Waals surface area contributed by atoms with E-state index in [4.69, 9.17) is 0 Å². The number of nitrogens with zero attached hydrogens (tertiary/aromatic N) is 5. The number of piperazine rings is 1. The predicted octanol–water partition coefficient (Wildman–Crippen LogP) is 2.23. The maximum absolute atomic E-state index is 13.0. The van der Waals surface area contributed by atoms with Crippen molar-refractivity contribution in [2.45, 2.75) is 6.54 Å². The monoisotopic (exact) mass is 347 g/mol. The van der Waals surface area contributed by atoms with Crippen LogP contribution in [-0.2, 0) is 6.54 Å². The normalized spacial score (nSPS) is 15.2. The molecule has 3 heterocycles. The summed E-state index contributed by atoms with van der Waals surface area (Å²) in [6, 6.07) is 13.5. The van der Waals surface area contributed by atoms with Crippen LogP contribution in [0.5, 0.6) is 0 Å². The third kappa shape index (κ3) is 3.50. The largest absolute Gasteiger partial charge is 0.336 e. The molecule has 0 aliphatic carbocycles. The Balaban J connectivity index is 1.43. The minimum Gasteiger partial charge on any atom is -0.336 e. The van der Waals surface area contributed by atoms with Gasteiger partial charge in [0, 0.05) is 57.5 Å². The van der Waals surface area contributed by atoms with Gasteiger partial charge in [0.05, 0.1) is 11.3 Å². The van der Waals surface area contributed by atoms with Crippen molar-refractivity contribution in [2.24, 2.45) is 0 Å². The fourth-order valence-corrected chi connectivity index (χ4v) is 3.29. The molecule has 1 aliphatic heterocycles. The lowest BCUT2D eigenvalue weighted by Crippen LogP contribution is -2.48. The van der Waals surface area contributed by atoms with E-state index in [0.29, 0.717) is 5.56 Å². The van der Waals surface area contributed by atoms with Crippen LogP contribution in [-0.4, -0.2) is 56.7 Å². The van der Waals surface area contributed by atoms with Gasteiger partial charge in [0.1, 0.15) is 0 Å². The summed E-state index contributed by atoms with van der Waals surface area (Å²) in [5.41, 5.74) is 2.72. The molecule has 4 rings (SSSR count). The van der Waals surface area contributed by atoms with Crippen LogP contribution in [0.4, 0.5) is 0 Å². The number of hydrogen-bond acceptors (Lipinski definition) is 4. The number of pyridine rings is 1. The molecule has 0 radical (unpaired) electrons. The predicted molar refractivity (Wildman–Crippen MR) is 99.0 cm³/mol. The lowest BCUT2D eigenvalue weighted by molar-refractivity contribution is 0.0628. The van der Waals surface area contributed by atoms with Gasteiger partial charge in [-0.1, -0.05) is 18.2 Å². The smallest absolute Gasteiger partial charge is 0.256 e. The third-order valence-electron chi connectivity index (χ3n) is 4.67. The molecule has 0 atom stereocenters. The molecule has 0 bridgehead atoms. The topological polar surface area (TPSA) is 54.3 Å². The van der Waals surface area contributed by atoms with Gasteiger partial charge in [-0.25, -0.2) is 4.68 Å². The third-order valence-corrected chi connectivity index (χ3v) is 4.67. The van der Waals surface area contributed by atoms with Crippen LogP contribution in [0.3, 0.4) is 0 Å². The second-order valence-electron chi connectivity index (χ2n) is 6.40. The Bertz CT molecular complexity index is 855. The van der Waals surface area contributed by atoms with Gasteiger partial charge in [0.25, 0.3) is 5.91 Å². The molecule has 2 aromatic heterocycles. The van der Waals surface area contributed by atoms with E-state index in [2.05, 4.69) is 21.0 Å². The van der Waals surface area contributed by atoms with E-state index in [9.17, 15) is 4.79 Å². The lowest BCUT2D eigenvalue weighted by Gasteiger charge is -2.35. The van der Waals surface area contributed by atoms with Crippen molar-refractivity contribution in [1.29, 1.82) is 0 Å². The first-order chi connectivity index (χ1) is 12.8. The van der Waals surface area contributed by atoms with Crippen molar-refractivity contribution < 1.29 is 4.79 Å². The summed E-state index contributed by atoms with van der Waals surface area (Å²) < 4.78 is 1.74. The Morgan fingerprint density at radius 3 is 2.54 bits per heavy atom. The minimum atomic E-state index is 0.0668. The van der Waals surface area contributed by atoms with Crippen LogP contribution in [0.2, 0.25) is 0 Å². The molecule has 1 fully saturated rings. The molecule has 132 valence electrons. The zero-order chi connectivity index (χ0) is 17.8. The Labute approximate surface area is 152 Å². The maximum atomic E-state index is 13.0. The summed E-state index contributed by atoms with van der Waals surface area (Å²) in [7, 11) is 0. The molecule has 1 aliphatic rings. The summed E-state index contributed by atoms with van der Waals surface area (Å²) in [6.07, 6.45) is 7.27. The zero-order valence-corrected chi connectivity index (χ0v) is 14.5. The van der Waals surface area contributed by atoms with Gasteiger partial charge in [0.2, 0.25) is 0 Å². The minimum absolute atomic E-state index is 0.0668. The quantitative estimate of drug-likeness (QED) is 0.726. The summed E-state index contributed by atoms with van der Waals surface area (Å²) in [4.78, 5) is 21.5. The average Bonchev–Trinajstić information content (AvgIpc) is 3.24. The van der Waals surface area contributed by atoms with Gasteiger partial charge in [-0.2, -0.15) is 5.10 Å². The van der Waals surface area contributed by atoms with Crippen molar-refractivity contribution in [1.82, 2.24) is 24.6 Å². The Kier molecular flexibility index (Phi) is 4.75. The van der Waals surface area contributed by atoms with E-state index >= 15 is 0 Å². The van der Waals surface area contributed by atoms with E-state index in [1.165, 1.54) is 5.56 Å². The van der Waals surface area contributed by atoms with E-state index < -0.39 is 0 Å². The summed E-state index contributed by atoms with van der Waals surface area (Å²) in [5.74, 6) is 0.0668. The number of rotatable bonds is 4. The van der Waals surface area contributed by atoms with Gasteiger partial charge in [-0.15, -0.1) is 0 Å². The van der Waals surface area contributed by atoms with Gasteiger partial charge < -0.3 is 4.90 Å². The standard InChI is InChI=1S/C20H21N5O/c26-20(18-6-1-2-7-19(18)25-10-4-9-22-25)24-13-11-23(12-14-24)16-17-5-3-8-21-15-17/h1-10,15H,11-14,16H2. The molecule has 1 aromatic carbocycles. The van der Waals surface area contributed by atoms with Crippen LogP contribution in [0.25, 0.3) is 5.69 Å². The highest BCUT2D eigenvalue weighted by Crippen LogP contribution is 2.17. The van der Waals surface area contributed by atoms with Crippen LogP contribution in [0.15, 0.2) is 67.3 Å². The summed E-state index contributed by atoms with van der Waals surface area (Å²) in [5, 5.41) is 4.27. The number of benzene rings is 1. The first kappa shape index (κ1) is 16.5. The number of para-hydroxylation sites is 1. The Hall–Kier alpha value is -2.99. The number of amides is 1. The molecule has 6 heteroatoms. The fourth-order valence-electron chi connectivity index (χ4n) is 3.29. The van der Waals surface area contributed by atoms with Crippen molar-refractivity contribution in [3.8, 4) is 5.69 Å². The molecule has 0 spiro atoms. The highest BCUT2D eigenvalue weighted by molar-refractivity contribution is 5.97. The highest BCUT2D eigenvalue weighted by atomic mass is 16.2. The SMILES string of the molecule is O=C(c1ccccc1-n1cccn1)N1CCN(Cc2cccnc2)CC1. The zero-order valence-electron chi connectivity index (χ0n) is 14.5. The molecule has 0 unspecified atom stereocenters. The van der Waals surface area contributed by atoms with E-state index in [1.807, 2.05) is 53.7 Å². The van der Waals surface area contributed by atoms with E-state index in [0.717, 1.165) is 38.4 Å². The number of aromatic nitrogens is 3. The summed E-state index contributed by atoms with van der Waals surface area (Å²) in [6.45, 7) is 4.06. The molecule has 6 nitrogen and oxygen atoms in total. The van der Waals surface area contributed by atoms with Crippen molar-refractivity contribution in [2.75, 3.05) is 26.2 Å². The Morgan fingerprint density at radius 1 is 0.962 bits per heavy atom. The maximum Gasteiger partial charge on any atom is 0.256 e. The molecular formula is C20H21N5O. The van der Waals surface area contributed by atoms with Gasteiger partial charge in [-0.05, 0) is 29.8 Å². The highest BCUT2D eigenvalue weighted by Gasteiger charge is 2.24. The molecule has 0 saturated carbocycles. The van der Waals surface area contributed by atoms with Gasteiger partial charge in [0.15, 0.2) is 0 Å². The van der Waals surface area contributed by atoms with Gasteiger partial charge in [-0.3, -0.25) is 14.7 Å². The van der Waals surface area contributed by atoms with E-state index in [-0.39, 0.29) is 5.91 Å². The van der Waals surface area contributed by atoms with Crippen LogP contribution in [0.1, 0.15) is 15.9 Å². The average molecular weight is 347 g/mol. The molecular weight excluding hydrogens is 326 g/mol. The van der Waals surface area contributed by atoms with Crippen molar-refractivity contribution in [3.63, 3.8) is 0 Å². The molecule has 1 saturated heterocycles. The molecule has 0 N–H and O–H groups in total. The summed E-state index contributed by atoms with van der Waals surface area (Å²) >= 11 is 0. The van der Waals surface area contributed by atoms with Crippen LogP contribution < -0.4 is 0 Å². The van der Waals surface area contributed by atoms with Gasteiger partial charge >= 0.3 is 0 Å². The molecule has 26 heavy (non-hydrogen) atoms. The van der Waals surface area contributed by atoms with Crippen LogP contribution in [0, 0.1) is 0 Å². The number of carbonyl (C=O) groups excluding carboxylic acids is 1. The number of carbonyl (C=O) groups is 1. The molecule has 1 amide bonds. The Morgan fingerprint density at radius 2 is 1.81 bits per heavy atom.